The standard InChI is InChI=1S/C10H7ClFN3OS2/c11-6-1-2-8(7(12)3-6)14-9(16)4-17-10-15-13-5-18-10/h1-3,5H,4H2,(H,14,16). The molecule has 1 aromatic heterocycles. The molecule has 0 aliphatic rings. The number of halogens is 2. The molecule has 0 radical (unpaired) electrons. The first-order valence-electron chi connectivity index (χ1n) is 4.79. The van der Waals surface area contributed by atoms with Crippen LogP contribution in [-0.2, 0) is 4.79 Å². The molecule has 1 aromatic carbocycles. The molecular formula is C10H7ClFN3OS2. The Morgan fingerprint density at radius 3 is 3.06 bits per heavy atom. The molecule has 0 saturated heterocycles. The van der Waals surface area contributed by atoms with Crippen LogP contribution in [0.4, 0.5) is 10.1 Å². The van der Waals surface area contributed by atoms with E-state index in [2.05, 4.69) is 15.5 Å². The fraction of sp³-hybridized carbons (Fsp3) is 0.100. The number of nitrogens with one attached hydrogen (secondary N) is 1. The number of thioether (sulfide) groups is 1. The first kappa shape index (κ1) is 13.3. The summed E-state index contributed by atoms with van der Waals surface area (Å²) in [5.74, 6) is -0.717. The summed E-state index contributed by atoms with van der Waals surface area (Å²) in [6.07, 6.45) is 0. The third-order valence-corrected chi connectivity index (χ3v) is 3.97. The Bertz CT molecular complexity index is 550. The van der Waals surface area contributed by atoms with Crippen LogP contribution in [0.25, 0.3) is 0 Å². The predicted octanol–water partition coefficient (Wildman–Crippen LogP) is 3.06. The van der Waals surface area contributed by atoms with Crippen LogP contribution in [0.3, 0.4) is 0 Å². The molecule has 0 spiro atoms. The SMILES string of the molecule is O=C(CSc1nncs1)Nc1ccc(Cl)cc1F. The van der Waals surface area contributed by atoms with Crippen LogP contribution >= 0.6 is 34.7 Å². The molecule has 0 fully saturated rings. The zero-order valence-corrected chi connectivity index (χ0v) is 11.3. The number of nitrogens with zero attached hydrogens (tertiary/aromatic N) is 2. The number of rotatable bonds is 4. The Labute approximate surface area is 116 Å². The van der Waals surface area contributed by atoms with Gasteiger partial charge in [0.25, 0.3) is 0 Å². The van der Waals surface area contributed by atoms with Gasteiger partial charge in [-0.25, -0.2) is 4.39 Å². The van der Waals surface area contributed by atoms with Crippen LogP contribution in [-0.4, -0.2) is 21.9 Å². The van der Waals surface area contributed by atoms with Gasteiger partial charge in [-0.2, -0.15) is 0 Å². The number of anilines is 1. The van der Waals surface area contributed by atoms with Crippen LogP contribution < -0.4 is 5.32 Å². The second-order valence-corrected chi connectivity index (χ2v) is 5.66. The lowest BCUT2D eigenvalue weighted by Crippen LogP contribution is -2.14. The molecule has 0 atom stereocenters. The molecular weight excluding hydrogens is 297 g/mol. The van der Waals surface area contributed by atoms with Crippen molar-refractivity contribution in [3.05, 3.63) is 34.5 Å². The molecule has 0 unspecified atom stereocenters. The van der Waals surface area contributed by atoms with E-state index in [9.17, 15) is 9.18 Å². The van der Waals surface area contributed by atoms with Gasteiger partial charge in [-0.3, -0.25) is 4.79 Å². The van der Waals surface area contributed by atoms with Crippen molar-refractivity contribution in [2.45, 2.75) is 4.34 Å². The van der Waals surface area contributed by atoms with Gasteiger partial charge >= 0.3 is 0 Å². The van der Waals surface area contributed by atoms with Crippen molar-refractivity contribution < 1.29 is 9.18 Å². The number of hydrogen-bond acceptors (Lipinski definition) is 5. The van der Waals surface area contributed by atoms with Crippen molar-refractivity contribution in [1.29, 1.82) is 0 Å². The maximum Gasteiger partial charge on any atom is 0.234 e. The monoisotopic (exact) mass is 303 g/mol. The number of carbonyl (C=O) groups is 1. The maximum absolute atomic E-state index is 13.4. The van der Waals surface area contributed by atoms with Gasteiger partial charge in [0, 0.05) is 5.02 Å². The average Bonchev–Trinajstić information content (AvgIpc) is 2.83. The lowest BCUT2D eigenvalue weighted by atomic mass is 10.3. The molecule has 8 heteroatoms. The van der Waals surface area contributed by atoms with Gasteiger partial charge in [0.15, 0.2) is 4.34 Å². The van der Waals surface area contributed by atoms with E-state index < -0.39 is 5.82 Å². The van der Waals surface area contributed by atoms with E-state index in [1.54, 1.807) is 5.51 Å². The molecule has 1 amide bonds. The summed E-state index contributed by atoms with van der Waals surface area (Å²) in [6, 6.07) is 4.08. The highest BCUT2D eigenvalue weighted by Crippen LogP contribution is 2.21. The van der Waals surface area contributed by atoms with Gasteiger partial charge in [0.1, 0.15) is 11.3 Å². The summed E-state index contributed by atoms with van der Waals surface area (Å²) < 4.78 is 14.1. The molecule has 0 saturated carbocycles. The number of carbonyl (C=O) groups excluding carboxylic acids is 1. The van der Waals surface area contributed by atoms with Crippen LogP contribution in [0.15, 0.2) is 28.0 Å². The van der Waals surface area contributed by atoms with Gasteiger partial charge in [-0.1, -0.05) is 34.7 Å². The molecule has 1 N–H and O–H groups in total. The van der Waals surface area contributed by atoms with E-state index in [-0.39, 0.29) is 22.4 Å². The topological polar surface area (TPSA) is 54.9 Å². The van der Waals surface area contributed by atoms with Crippen molar-refractivity contribution >= 4 is 46.3 Å². The highest BCUT2D eigenvalue weighted by molar-refractivity contribution is 8.01. The van der Waals surface area contributed by atoms with E-state index >= 15 is 0 Å². The summed E-state index contributed by atoms with van der Waals surface area (Å²) in [5.41, 5.74) is 1.70. The quantitative estimate of drug-likeness (QED) is 0.882. The van der Waals surface area contributed by atoms with E-state index in [0.717, 1.165) is 6.07 Å². The number of amides is 1. The van der Waals surface area contributed by atoms with E-state index in [4.69, 9.17) is 11.6 Å². The lowest BCUT2D eigenvalue weighted by Gasteiger charge is -2.05. The maximum atomic E-state index is 13.4. The number of aromatic nitrogens is 2. The summed E-state index contributed by atoms with van der Waals surface area (Å²) in [6.45, 7) is 0. The molecule has 2 aromatic rings. The van der Waals surface area contributed by atoms with E-state index in [1.807, 2.05) is 0 Å². The normalized spacial score (nSPS) is 10.3. The van der Waals surface area contributed by atoms with Gasteiger partial charge in [-0.05, 0) is 18.2 Å². The minimum absolute atomic E-state index is 0.113. The molecule has 0 aliphatic heterocycles. The van der Waals surface area contributed by atoms with Gasteiger partial charge in [0.2, 0.25) is 5.91 Å². The largest absolute Gasteiger partial charge is 0.323 e. The molecule has 0 bridgehead atoms. The fourth-order valence-electron chi connectivity index (χ4n) is 1.13. The zero-order valence-electron chi connectivity index (χ0n) is 8.89. The Balaban J connectivity index is 1.91. The second-order valence-electron chi connectivity index (χ2n) is 3.17. The Morgan fingerprint density at radius 2 is 2.39 bits per heavy atom. The molecule has 18 heavy (non-hydrogen) atoms. The summed E-state index contributed by atoms with van der Waals surface area (Å²) in [4.78, 5) is 11.6. The predicted molar refractivity (Wildman–Crippen MR) is 70.7 cm³/mol. The summed E-state index contributed by atoms with van der Waals surface area (Å²) in [7, 11) is 0. The highest BCUT2D eigenvalue weighted by atomic mass is 35.5. The third-order valence-electron chi connectivity index (χ3n) is 1.87. The van der Waals surface area contributed by atoms with Crippen molar-refractivity contribution in [2.24, 2.45) is 0 Å². The number of hydrogen-bond donors (Lipinski definition) is 1. The van der Waals surface area contributed by atoms with Crippen molar-refractivity contribution in [1.82, 2.24) is 10.2 Å². The van der Waals surface area contributed by atoms with Crippen LogP contribution in [0.5, 0.6) is 0 Å². The highest BCUT2D eigenvalue weighted by Gasteiger charge is 2.09. The Kier molecular flexibility index (Phi) is 4.51. The lowest BCUT2D eigenvalue weighted by molar-refractivity contribution is -0.113. The molecule has 2 rings (SSSR count). The fourth-order valence-corrected chi connectivity index (χ4v) is 2.58. The van der Waals surface area contributed by atoms with Gasteiger partial charge < -0.3 is 5.32 Å². The third kappa shape index (κ3) is 3.66. The smallest absolute Gasteiger partial charge is 0.234 e. The Hall–Kier alpha value is -1.18. The molecule has 1 heterocycles. The summed E-state index contributed by atoms with van der Waals surface area (Å²) >= 11 is 8.20. The zero-order chi connectivity index (χ0) is 13.0. The Morgan fingerprint density at radius 1 is 1.56 bits per heavy atom. The van der Waals surface area contributed by atoms with Gasteiger partial charge in [0.05, 0.1) is 11.4 Å². The van der Waals surface area contributed by atoms with E-state index in [0.29, 0.717) is 4.34 Å². The van der Waals surface area contributed by atoms with Crippen molar-refractivity contribution in [3.63, 3.8) is 0 Å². The first-order valence-corrected chi connectivity index (χ1v) is 7.03. The first-order chi connectivity index (χ1) is 8.65. The molecule has 0 aliphatic carbocycles. The minimum Gasteiger partial charge on any atom is -0.323 e. The molecule has 94 valence electrons. The van der Waals surface area contributed by atoms with Crippen molar-refractivity contribution in [3.8, 4) is 0 Å². The minimum atomic E-state index is -0.559. The second kappa shape index (κ2) is 6.12. The average molecular weight is 304 g/mol. The van der Waals surface area contributed by atoms with Crippen molar-refractivity contribution in [2.75, 3.05) is 11.1 Å². The van der Waals surface area contributed by atoms with Crippen LogP contribution in [0.1, 0.15) is 0 Å². The van der Waals surface area contributed by atoms with Gasteiger partial charge in [-0.15, -0.1) is 10.2 Å². The number of benzene rings is 1. The van der Waals surface area contributed by atoms with Crippen LogP contribution in [0.2, 0.25) is 5.02 Å². The molecule has 4 nitrogen and oxygen atoms in total. The van der Waals surface area contributed by atoms with E-state index in [1.165, 1.54) is 35.2 Å². The summed E-state index contributed by atoms with van der Waals surface area (Å²) in [5, 5.41) is 10.2. The van der Waals surface area contributed by atoms with Crippen LogP contribution in [0, 0.1) is 5.82 Å².